The van der Waals surface area contributed by atoms with Crippen LogP contribution in [0.5, 0.6) is 0 Å². The monoisotopic (exact) mass is 233 g/mol. The van der Waals surface area contributed by atoms with Gasteiger partial charge in [-0.05, 0) is 44.0 Å². The quantitative estimate of drug-likeness (QED) is 0.866. The van der Waals surface area contributed by atoms with Gasteiger partial charge in [-0.2, -0.15) is 0 Å². The molecular weight excluding hydrogens is 217 g/mol. The van der Waals surface area contributed by atoms with Crippen molar-refractivity contribution >= 4 is 0 Å². The van der Waals surface area contributed by atoms with Crippen molar-refractivity contribution in [1.82, 2.24) is 9.55 Å². The number of rotatable bonds is 2. The first-order valence-electron chi connectivity index (χ1n) is 5.56. The highest BCUT2D eigenvalue weighted by atomic mass is 19.1. The van der Waals surface area contributed by atoms with Crippen molar-refractivity contribution in [2.75, 3.05) is 0 Å². The molecule has 2 rings (SSSR count). The number of aryl methyl sites for hydroxylation is 2. The number of nitrogens with two attached hydrogens (primary N) is 1. The summed E-state index contributed by atoms with van der Waals surface area (Å²) in [7, 11) is 0. The molecule has 0 bridgehead atoms. The summed E-state index contributed by atoms with van der Waals surface area (Å²) in [5, 5.41) is 0. The molecule has 3 nitrogen and oxygen atoms in total. The Morgan fingerprint density at radius 2 is 2.06 bits per heavy atom. The minimum atomic E-state index is -0.223. The van der Waals surface area contributed by atoms with E-state index >= 15 is 0 Å². The van der Waals surface area contributed by atoms with E-state index in [0.29, 0.717) is 5.56 Å². The Kier molecular flexibility index (Phi) is 2.98. The van der Waals surface area contributed by atoms with Crippen LogP contribution in [0, 0.1) is 19.7 Å². The SMILES string of the molecule is Cc1cc(-n2ccnc2C)c([C@H](C)N)cc1F. The number of aromatic nitrogens is 2. The molecule has 0 radical (unpaired) electrons. The molecule has 0 aliphatic heterocycles. The molecule has 0 fully saturated rings. The lowest BCUT2D eigenvalue weighted by Crippen LogP contribution is -2.11. The Morgan fingerprint density at radius 3 is 2.59 bits per heavy atom. The van der Waals surface area contributed by atoms with Gasteiger partial charge in [-0.1, -0.05) is 0 Å². The van der Waals surface area contributed by atoms with Gasteiger partial charge in [0.1, 0.15) is 11.6 Å². The van der Waals surface area contributed by atoms with Gasteiger partial charge in [0.2, 0.25) is 0 Å². The molecule has 1 atom stereocenters. The van der Waals surface area contributed by atoms with E-state index in [-0.39, 0.29) is 11.9 Å². The second-order valence-corrected chi connectivity index (χ2v) is 4.29. The minimum absolute atomic E-state index is 0.220. The van der Waals surface area contributed by atoms with Crippen molar-refractivity contribution in [2.45, 2.75) is 26.8 Å². The fourth-order valence-electron chi connectivity index (χ4n) is 1.89. The van der Waals surface area contributed by atoms with Gasteiger partial charge in [0.05, 0.1) is 5.69 Å². The van der Waals surface area contributed by atoms with E-state index in [1.54, 1.807) is 13.1 Å². The van der Waals surface area contributed by atoms with E-state index < -0.39 is 0 Å². The zero-order valence-corrected chi connectivity index (χ0v) is 10.2. The highest BCUT2D eigenvalue weighted by Gasteiger charge is 2.13. The first-order chi connectivity index (χ1) is 8.00. The zero-order valence-electron chi connectivity index (χ0n) is 10.2. The summed E-state index contributed by atoms with van der Waals surface area (Å²) >= 11 is 0. The van der Waals surface area contributed by atoms with E-state index in [0.717, 1.165) is 17.1 Å². The van der Waals surface area contributed by atoms with Crippen LogP contribution in [0.1, 0.15) is 29.9 Å². The Hall–Kier alpha value is -1.68. The number of benzene rings is 1. The molecule has 2 aromatic rings. The summed E-state index contributed by atoms with van der Waals surface area (Å²) in [5.74, 6) is 0.636. The summed E-state index contributed by atoms with van der Waals surface area (Å²) < 4.78 is 15.5. The van der Waals surface area contributed by atoms with Gasteiger partial charge in [-0.25, -0.2) is 9.37 Å². The lowest BCUT2D eigenvalue weighted by molar-refractivity contribution is 0.612. The Bertz CT molecular complexity index is 544. The van der Waals surface area contributed by atoms with Gasteiger partial charge < -0.3 is 10.3 Å². The van der Waals surface area contributed by atoms with Crippen LogP contribution in [0.25, 0.3) is 5.69 Å². The van der Waals surface area contributed by atoms with Crippen molar-refractivity contribution in [1.29, 1.82) is 0 Å². The number of nitrogens with zero attached hydrogens (tertiary/aromatic N) is 2. The molecule has 0 aliphatic carbocycles. The smallest absolute Gasteiger partial charge is 0.126 e. The van der Waals surface area contributed by atoms with E-state index in [1.165, 1.54) is 6.07 Å². The van der Waals surface area contributed by atoms with E-state index in [1.807, 2.05) is 30.7 Å². The van der Waals surface area contributed by atoms with Crippen LogP contribution >= 0.6 is 0 Å². The van der Waals surface area contributed by atoms with E-state index in [2.05, 4.69) is 4.98 Å². The third kappa shape index (κ3) is 2.08. The fourth-order valence-corrected chi connectivity index (χ4v) is 1.89. The van der Waals surface area contributed by atoms with Crippen molar-refractivity contribution < 1.29 is 4.39 Å². The minimum Gasteiger partial charge on any atom is -0.324 e. The maximum absolute atomic E-state index is 13.6. The second-order valence-electron chi connectivity index (χ2n) is 4.29. The van der Waals surface area contributed by atoms with Gasteiger partial charge in [-0.3, -0.25) is 0 Å². The standard InChI is InChI=1S/C13H16FN3/c1-8-6-13(17-5-4-16-10(17)3)11(9(2)15)7-12(8)14/h4-7,9H,15H2,1-3H3/t9-/m0/s1. The summed E-state index contributed by atoms with van der Waals surface area (Å²) in [6.07, 6.45) is 3.58. The fraction of sp³-hybridized carbons (Fsp3) is 0.308. The normalized spacial score (nSPS) is 12.8. The summed E-state index contributed by atoms with van der Waals surface area (Å²) in [4.78, 5) is 4.17. The van der Waals surface area contributed by atoms with Crippen LogP contribution in [0.15, 0.2) is 24.5 Å². The molecule has 1 aromatic heterocycles. The largest absolute Gasteiger partial charge is 0.324 e. The molecule has 1 aromatic carbocycles. The summed E-state index contributed by atoms with van der Waals surface area (Å²) in [6, 6.07) is 3.10. The Labute approximate surface area is 100 Å². The van der Waals surface area contributed by atoms with Crippen LogP contribution in [-0.2, 0) is 0 Å². The molecule has 4 heteroatoms. The highest BCUT2D eigenvalue weighted by Crippen LogP contribution is 2.24. The van der Waals surface area contributed by atoms with Crippen LogP contribution in [0.4, 0.5) is 4.39 Å². The maximum atomic E-state index is 13.6. The first kappa shape index (κ1) is 11.8. The van der Waals surface area contributed by atoms with Crippen LogP contribution in [0.3, 0.4) is 0 Å². The molecule has 0 aliphatic rings. The lowest BCUT2D eigenvalue weighted by Gasteiger charge is -2.16. The number of hydrogen-bond acceptors (Lipinski definition) is 2. The molecule has 0 saturated carbocycles. The molecule has 17 heavy (non-hydrogen) atoms. The van der Waals surface area contributed by atoms with Crippen molar-refractivity contribution in [2.24, 2.45) is 5.73 Å². The van der Waals surface area contributed by atoms with Gasteiger partial charge in [0.25, 0.3) is 0 Å². The third-order valence-corrected chi connectivity index (χ3v) is 2.88. The summed E-state index contributed by atoms with van der Waals surface area (Å²) in [6.45, 7) is 5.50. The van der Waals surface area contributed by atoms with Crippen LogP contribution in [0.2, 0.25) is 0 Å². The number of halogens is 1. The molecular formula is C13H16FN3. The molecule has 0 saturated heterocycles. The average molecular weight is 233 g/mol. The topological polar surface area (TPSA) is 43.8 Å². The van der Waals surface area contributed by atoms with Crippen LogP contribution in [-0.4, -0.2) is 9.55 Å². The lowest BCUT2D eigenvalue weighted by atomic mass is 10.0. The summed E-state index contributed by atoms with van der Waals surface area (Å²) in [5.41, 5.74) is 8.18. The Morgan fingerprint density at radius 1 is 1.35 bits per heavy atom. The second kappa shape index (κ2) is 4.30. The maximum Gasteiger partial charge on any atom is 0.126 e. The van der Waals surface area contributed by atoms with Gasteiger partial charge in [0, 0.05) is 18.4 Å². The molecule has 1 heterocycles. The highest BCUT2D eigenvalue weighted by molar-refractivity contribution is 5.46. The molecule has 2 N–H and O–H groups in total. The predicted molar refractivity (Wildman–Crippen MR) is 65.6 cm³/mol. The zero-order chi connectivity index (χ0) is 12.6. The van der Waals surface area contributed by atoms with E-state index in [9.17, 15) is 4.39 Å². The number of imidazole rings is 1. The Balaban J connectivity index is 2.68. The number of hydrogen-bond donors (Lipinski definition) is 1. The average Bonchev–Trinajstić information content (AvgIpc) is 2.67. The first-order valence-corrected chi connectivity index (χ1v) is 5.56. The molecule has 0 spiro atoms. The van der Waals surface area contributed by atoms with Crippen molar-refractivity contribution in [3.8, 4) is 5.69 Å². The van der Waals surface area contributed by atoms with Crippen molar-refractivity contribution in [3.63, 3.8) is 0 Å². The molecule has 0 amide bonds. The molecule has 0 unspecified atom stereocenters. The van der Waals surface area contributed by atoms with Gasteiger partial charge >= 0.3 is 0 Å². The van der Waals surface area contributed by atoms with Crippen molar-refractivity contribution in [3.05, 3.63) is 47.3 Å². The van der Waals surface area contributed by atoms with Crippen LogP contribution < -0.4 is 5.73 Å². The van der Waals surface area contributed by atoms with E-state index in [4.69, 9.17) is 5.73 Å². The predicted octanol–water partition coefficient (Wildman–Crippen LogP) is 2.65. The molecule has 90 valence electrons. The van der Waals surface area contributed by atoms with Gasteiger partial charge in [-0.15, -0.1) is 0 Å². The third-order valence-electron chi connectivity index (χ3n) is 2.88. The van der Waals surface area contributed by atoms with Gasteiger partial charge in [0.15, 0.2) is 0 Å².